The minimum absolute atomic E-state index is 0.274. The second kappa shape index (κ2) is 9.05. The molecule has 0 aliphatic carbocycles. The van der Waals surface area contributed by atoms with Gasteiger partial charge < -0.3 is 9.47 Å². The Balaban J connectivity index is 1.53. The summed E-state index contributed by atoms with van der Waals surface area (Å²) in [5, 5.41) is 4.66. The molecule has 6 nitrogen and oxygen atoms in total. The van der Waals surface area contributed by atoms with Crippen molar-refractivity contribution >= 4 is 17.7 Å². The van der Waals surface area contributed by atoms with E-state index >= 15 is 0 Å². The monoisotopic (exact) mass is 453 g/mol. The summed E-state index contributed by atoms with van der Waals surface area (Å²) >= 11 is 1.51. The van der Waals surface area contributed by atoms with Gasteiger partial charge >= 0.3 is 5.97 Å². The molecule has 32 heavy (non-hydrogen) atoms. The van der Waals surface area contributed by atoms with Gasteiger partial charge in [0.05, 0.1) is 31.2 Å². The molecule has 0 unspecified atom stereocenters. The zero-order valence-electron chi connectivity index (χ0n) is 17.8. The summed E-state index contributed by atoms with van der Waals surface area (Å²) in [6.45, 7) is 6.34. The fourth-order valence-corrected chi connectivity index (χ4v) is 5.22. The average molecular weight is 454 g/mol. The van der Waals surface area contributed by atoms with E-state index in [9.17, 15) is 9.18 Å². The van der Waals surface area contributed by atoms with Crippen LogP contribution >= 0.6 is 11.8 Å². The van der Waals surface area contributed by atoms with Crippen LogP contribution < -0.4 is 0 Å². The fraction of sp³-hybridized carbons (Fsp3) is 0.333. The van der Waals surface area contributed by atoms with E-state index in [4.69, 9.17) is 9.47 Å². The number of fused-ring (bicyclic) bond motifs is 3. The standard InChI is InChI=1S/C24H24FN3O3S/c1-2-31-24(29)22-20-15-32-21-13-17(25)5-8-19(21)23(20)28(26-22)18-6-3-16(4-7-18)14-27-9-11-30-12-10-27/h3-8,13H,2,9-12,14-15H2,1H3. The summed E-state index contributed by atoms with van der Waals surface area (Å²) in [4.78, 5) is 15.8. The molecule has 3 aromatic rings. The number of hydrogen-bond donors (Lipinski definition) is 0. The second-order valence-electron chi connectivity index (χ2n) is 7.79. The van der Waals surface area contributed by atoms with Crippen LogP contribution in [0.4, 0.5) is 4.39 Å². The molecule has 1 fully saturated rings. The Labute approximate surface area is 190 Å². The minimum Gasteiger partial charge on any atom is -0.461 e. The predicted molar refractivity (Wildman–Crippen MR) is 121 cm³/mol. The van der Waals surface area contributed by atoms with Crippen molar-refractivity contribution in [1.29, 1.82) is 0 Å². The number of benzene rings is 2. The van der Waals surface area contributed by atoms with Crippen molar-refractivity contribution in [2.75, 3.05) is 32.9 Å². The van der Waals surface area contributed by atoms with Gasteiger partial charge in [0.25, 0.3) is 0 Å². The van der Waals surface area contributed by atoms with E-state index in [1.54, 1.807) is 17.7 Å². The van der Waals surface area contributed by atoms with Crippen LogP contribution in [0.25, 0.3) is 16.9 Å². The molecular weight excluding hydrogens is 429 g/mol. The van der Waals surface area contributed by atoms with Crippen molar-refractivity contribution in [3.8, 4) is 16.9 Å². The lowest BCUT2D eigenvalue weighted by Crippen LogP contribution is -2.35. The number of halogens is 1. The van der Waals surface area contributed by atoms with Crippen molar-refractivity contribution in [1.82, 2.24) is 14.7 Å². The minimum atomic E-state index is -0.433. The highest BCUT2D eigenvalue weighted by atomic mass is 32.2. The molecule has 5 rings (SSSR count). The second-order valence-corrected chi connectivity index (χ2v) is 8.81. The highest BCUT2D eigenvalue weighted by Crippen LogP contribution is 2.44. The van der Waals surface area contributed by atoms with Crippen LogP contribution in [-0.2, 0) is 21.8 Å². The normalized spacial score (nSPS) is 15.8. The van der Waals surface area contributed by atoms with Gasteiger partial charge in [-0.3, -0.25) is 4.90 Å². The average Bonchev–Trinajstić information content (AvgIpc) is 3.20. The third-order valence-corrected chi connectivity index (χ3v) is 6.80. The lowest BCUT2D eigenvalue weighted by molar-refractivity contribution is 0.0342. The maximum absolute atomic E-state index is 13.8. The first-order valence-electron chi connectivity index (χ1n) is 10.7. The van der Waals surface area contributed by atoms with Crippen molar-refractivity contribution in [3.05, 3.63) is 65.1 Å². The lowest BCUT2D eigenvalue weighted by atomic mass is 10.1. The van der Waals surface area contributed by atoms with Gasteiger partial charge in [-0.2, -0.15) is 5.10 Å². The molecule has 0 N–H and O–H groups in total. The number of aromatic nitrogens is 2. The first-order valence-corrected chi connectivity index (χ1v) is 11.7. The Hall–Kier alpha value is -2.68. The van der Waals surface area contributed by atoms with Crippen molar-refractivity contribution in [2.24, 2.45) is 0 Å². The molecule has 8 heteroatoms. The third-order valence-electron chi connectivity index (χ3n) is 5.71. The Morgan fingerprint density at radius 3 is 2.72 bits per heavy atom. The van der Waals surface area contributed by atoms with Gasteiger partial charge in [0.1, 0.15) is 5.82 Å². The first kappa shape index (κ1) is 21.2. The predicted octanol–water partition coefficient (Wildman–Crippen LogP) is 4.29. The number of esters is 1. The van der Waals surface area contributed by atoms with Gasteiger partial charge in [0.2, 0.25) is 0 Å². The lowest BCUT2D eigenvalue weighted by Gasteiger charge is -2.26. The fourth-order valence-electron chi connectivity index (χ4n) is 4.14. The van der Waals surface area contributed by atoms with Gasteiger partial charge in [-0.1, -0.05) is 12.1 Å². The smallest absolute Gasteiger partial charge is 0.359 e. The van der Waals surface area contributed by atoms with Gasteiger partial charge in [0, 0.05) is 41.4 Å². The summed E-state index contributed by atoms with van der Waals surface area (Å²) in [6.07, 6.45) is 0. The molecule has 0 bridgehead atoms. The summed E-state index contributed by atoms with van der Waals surface area (Å²) < 4.78 is 26.3. The van der Waals surface area contributed by atoms with Gasteiger partial charge in [0.15, 0.2) is 5.69 Å². The topological polar surface area (TPSA) is 56.6 Å². The SMILES string of the molecule is CCOC(=O)c1nn(-c2ccc(CN3CCOCC3)cc2)c2c1CSc1cc(F)ccc1-2. The van der Waals surface area contributed by atoms with Crippen LogP contribution in [0.5, 0.6) is 0 Å². The first-order chi connectivity index (χ1) is 15.6. The van der Waals surface area contributed by atoms with Crippen LogP contribution in [-0.4, -0.2) is 53.6 Å². The van der Waals surface area contributed by atoms with E-state index in [0.717, 1.165) is 60.3 Å². The molecule has 1 saturated heterocycles. The Kier molecular flexibility index (Phi) is 5.99. The third kappa shape index (κ3) is 4.05. The summed E-state index contributed by atoms with van der Waals surface area (Å²) in [6, 6.07) is 13.0. The summed E-state index contributed by atoms with van der Waals surface area (Å²) in [7, 11) is 0. The molecule has 0 atom stereocenters. The number of carbonyl (C=O) groups is 1. The Morgan fingerprint density at radius 1 is 1.19 bits per heavy atom. The van der Waals surface area contributed by atoms with Crippen molar-refractivity contribution < 1.29 is 18.7 Å². The molecule has 166 valence electrons. The van der Waals surface area contributed by atoms with E-state index in [-0.39, 0.29) is 12.4 Å². The van der Waals surface area contributed by atoms with Gasteiger partial charge in [-0.15, -0.1) is 11.8 Å². The molecule has 0 radical (unpaired) electrons. The number of nitrogens with zero attached hydrogens (tertiary/aromatic N) is 3. The molecule has 0 amide bonds. The largest absolute Gasteiger partial charge is 0.461 e. The highest BCUT2D eigenvalue weighted by Gasteiger charge is 2.30. The zero-order valence-corrected chi connectivity index (χ0v) is 18.7. The molecule has 2 aromatic carbocycles. The quantitative estimate of drug-likeness (QED) is 0.537. The Morgan fingerprint density at radius 2 is 1.97 bits per heavy atom. The van der Waals surface area contributed by atoms with Crippen molar-refractivity contribution in [2.45, 2.75) is 24.1 Å². The van der Waals surface area contributed by atoms with E-state index in [2.05, 4.69) is 22.1 Å². The summed E-state index contributed by atoms with van der Waals surface area (Å²) in [5.41, 5.74) is 4.90. The van der Waals surface area contributed by atoms with Gasteiger partial charge in [-0.25, -0.2) is 13.9 Å². The molecule has 3 heterocycles. The maximum Gasteiger partial charge on any atom is 0.359 e. The van der Waals surface area contributed by atoms with E-state index < -0.39 is 5.97 Å². The van der Waals surface area contributed by atoms with Gasteiger partial charge in [-0.05, 0) is 42.8 Å². The zero-order chi connectivity index (χ0) is 22.1. The van der Waals surface area contributed by atoms with Crippen molar-refractivity contribution in [3.63, 3.8) is 0 Å². The number of thioether (sulfide) groups is 1. The number of carbonyl (C=O) groups excluding carboxylic acids is 1. The molecule has 2 aliphatic heterocycles. The van der Waals surface area contributed by atoms with Crippen LogP contribution in [0.3, 0.4) is 0 Å². The Bertz CT molecular complexity index is 1140. The van der Waals surface area contributed by atoms with Crippen LogP contribution in [0.15, 0.2) is 47.4 Å². The summed E-state index contributed by atoms with van der Waals surface area (Å²) in [5.74, 6) is -0.170. The van der Waals surface area contributed by atoms with Crippen LogP contribution in [0, 0.1) is 5.82 Å². The number of morpholine rings is 1. The van der Waals surface area contributed by atoms with E-state index in [0.29, 0.717) is 11.4 Å². The highest BCUT2D eigenvalue weighted by molar-refractivity contribution is 7.98. The maximum atomic E-state index is 13.8. The molecule has 2 aliphatic rings. The molecule has 0 saturated carbocycles. The number of ether oxygens (including phenoxy) is 2. The molecule has 1 aromatic heterocycles. The molecular formula is C24H24FN3O3S. The number of rotatable bonds is 5. The van der Waals surface area contributed by atoms with Crippen LogP contribution in [0.2, 0.25) is 0 Å². The number of hydrogen-bond acceptors (Lipinski definition) is 6. The van der Waals surface area contributed by atoms with E-state index in [1.807, 2.05) is 12.1 Å². The van der Waals surface area contributed by atoms with E-state index in [1.165, 1.54) is 29.5 Å². The van der Waals surface area contributed by atoms with Crippen LogP contribution in [0.1, 0.15) is 28.5 Å². The molecule has 0 spiro atoms.